The summed E-state index contributed by atoms with van der Waals surface area (Å²) in [5, 5.41) is 0.0919. The highest BCUT2D eigenvalue weighted by atomic mass is 28.4. The average Bonchev–Trinajstić information content (AvgIpc) is 3.28. The van der Waals surface area contributed by atoms with Gasteiger partial charge in [0.2, 0.25) is 0 Å². The zero-order valence-corrected chi connectivity index (χ0v) is 23.0. The number of carbonyl (C=O) groups excluding carboxylic acids is 2. The Kier molecular flexibility index (Phi) is 8.96. The molecule has 0 aromatic rings. The smallest absolute Gasteiger partial charge is 0.324 e. The first kappa shape index (κ1) is 27.6. The van der Waals surface area contributed by atoms with Crippen molar-refractivity contribution in [3.05, 3.63) is 36.0 Å². The highest BCUT2D eigenvalue weighted by molar-refractivity contribution is 6.74. The number of rotatable bonds is 8. The summed E-state index contributed by atoms with van der Waals surface area (Å²) in [5.74, 6) is -1.23. The van der Waals surface area contributed by atoms with E-state index in [1.165, 1.54) is 5.57 Å². The molecule has 6 heteroatoms. The molecule has 2 rings (SSSR count). The normalized spacial score (nSPS) is 27.7. The molecule has 1 unspecified atom stereocenters. The van der Waals surface area contributed by atoms with Gasteiger partial charge in [0, 0.05) is 11.8 Å². The third-order valence-corrected chi connectivity index (χ3v) is 12.2. The number of hydrogen-bond acceptors (Lipinski definition) is 5. The summed E-state index contributed by atoms with van der Waals surface area (Å²) in [7, 11) is -2.02. The van der Waals surface area contributed by atoms with E-state index in [-0.39, 0.29) is 30.3 Å². The standard InChI is InChI=1S/C27H44O5Si/c1-10-14-19-15-16-22(32-33(8,9)26(5,6)7)23(19)20-17-18-27(21(20)11-2,24(28)30-12-3)25(29)31-13-4/h10-11,14,19,21-22H,2,12-13,15-18H2,1,3-9H3/b14-10+,23-20+/t19-,21-,22?/m1/s1. The second kappa shape index (κ2) is 10.7. The Hall–Kier alpha value is -1.66. The molecule has 0 aliphatic heterocycles. The maximum absolute atomic E-state index is 13.2. The van der Waals surface area contributed by atoms with Crippen LogP contribution in [0.5, 0.6) is 0 Å². The van der Waals surface area contributed by atoms with E-state index in [1.807, 2.05) is 6.92 Å². The first-order valence-corrected chi connectivity index (χ1v) is 15.3. The van der Waals surface area contributed by atoms with Gasteiger partial charge in [-0.25, -0.2) is 0 Å². The van der Waals surface area contributed by atoms with Gasteiger partial charge in [0.05, 0.1) is 19.3 Å². The van der Waals surface area contributed by atoms with Crippen LogP contribution in [0.15, 0.2) is 36.0 Å². The van der Waals surface area contributed by atoms with Crippen molar-refractivity contribution in [2.75, 3.05) is 13.2 Å². The Morgan fingerprint density at radius 1 is 1.12 bits per heavy atom. The molecule has 0 saturated heterocycles. The lowest BCUT2D eigenvalue weighted by Crippen LogP contribution is -2.45. The molecule has 0 amide bonds. The van der Waals surface area contributed by atoms with Crippen molar-refractivity contribution in [2.45, 2.75) is 91.5 Å². The minimum atomic E-state index is -2.02. The van der Waals surface area contributed by atoms with E-state index in [9.17, 15) is 9.59 Å². The molecular formula is C27H44O5Si. The van der Waals surface area contributed by atoms with Gasteiger partial charge in [0.15, 0.2) is 13.7 Å². The number of ether oxygens (including phenoxy) is 2. The van der Waals surface area contributed by atoms with Gasteiger partial charge >= 0.3 is 11.9 Å². The third kappa shape index (κ3) is 5.22. The van der Waals surface area contributed by atoms with Crippen molar-refractivity contribution in [2.24, 2.45) is 17.3 Å². The molecule has 0 aromatic heterocycles. The van der Waals surface area contributed by atoms with Crippen molar-refractivity contribution in [3.63, 3.8) is 0 Å². The highest BCUT2D eigenvalue weighted by Crippen LogP contribution is 2.54. The van der Waals surface area contributed by atoms with Crippen LogP contribution >= 0.6 is 0 Å². The van der Waals surface area contributed by atoms with Crippen molar-refractivity contribution < 1.29 is 23.5 Å². The third-order valence-electron chi connectivity index (χ3n) is 7.73. The van der Waals surface area contributed by atoms with Crippen LogP contribution in [0.1, 0.15) is 67.2 Å². The van der Waals surface area contributed by atoms with Crippen LogP contribution in [0.4, 0.5) is 0 Å². The fourth-order valence-corrected chi connectivity index (χ4v) is 6.39. The van der Waals surface area contributed by atoms with E-state index < -0.39 is 31.6 Å². The van der Waals surface area contributed by atoms with Gasteiger partial charge in [0.25, 0.3) is 0 Å². The average molecular weight is 477 g/mol. The van der Waals surface area contributed by atoms with Crippen molar-refractivity contribution in [1.82, 2.24) is 0 Å². The maximum atomic E-state index is 13.2. The number of carbonyl (C=O) groups is 2. The first-order valence-electron chi connectivity index (χ1n) is 12.4. The topological polar surface area (TPSA) is 61.8 Å². The Bertz CT molecular complexity index is 784. The Balaban J connectivity index is 2.64. The summed E-state index contributed by atoms with van der Waals surface area (Å²) in [6.45, 7) is 21.3. The summed E-state index contributed by atoms with van der Waals surface area (Å²) >= 11 is 0. The Morgan fingerprint density at radius 2 is 1.70 bits per heavy atom. The van der Waals surface area contributed by atoms with Gasteiger partial charge in [-0.2, -0.15) is 0 Å². The van der Waals surface area contributed by atoms with Crippen molar-refractivity contribution >= 4 is 20.3 Å². The number of esters is 2. The molecule has 0 radical (unpaired) electrons. The summed E-state index contributed by atoms with van der Waals surface area (Å²) in [4.78, 5) is 26.5. The summed E-state index contributed by atoms with van der Waals surface area (Å²) in [5.41, 5.74) is 0.967. The van der Waals surface area contributed by atoms with Crippen molar-refractivity contribution in [1.29, 1.82) is 0 Å². The fraction of sp³-hybridized carbons (Fsp3) is 0.704. The molecular weight excluding hydrogens is 432 g/mol. The molecule has 2 fully saturated rings. The Labute approximate surface area is 201 Å². The maximum Gasteiger partial charge on any atom is 0.324 e. The quantitative estimate of drug-likeness (QED) is 0.176. The summed E-state index contributed by atoms with van der Waals surface area (Å²) in [6.07, 6.45) is 8.99. The minimum Gasteiger partial charge on any atom is -0.465 e. The fourth-order valence-electron chi connectivity index (χ4n) is 5.08. The highest BCUT2D eigenvalue weighted by Gasteiger charge is 2.59. The molecule has 33 heavy (non-hydrogen) atoms. The minimum absolute atomic E-state index is 0.00951. The van der Waals surface area contributed by atoms with Gasteiger partial charge in [-0.05, 0) is 70.2 Å². The molecule has 2 aliphatic rings. The van der Waals surface area contributed by atoms with Crippen LogP contribution in [-0.2, 0) is 23.5 Å². The monoisotopic (exact) mass is 476 g/mol. The molecule has 5 nitrogen and oxygen atoms in total. The SMILES string of the molecule is C=C[C@@H]1/C(=C2/C(O[Si](C)(C)C(C)(C)C)CC[C@H]2/C=C/C)CCC1(C(=O)OCC)C(=O)OCC. The second-order valence-corrected chi connectivity index (χ2v) is 15.4. The van der Waals surface area contributed by atoms with Crippen LogP contribution in [0.25, 0.3) is 0 Å². The zero-order valence-electron chi connectivity index (χ0n) is 22.0. The number of hydrogen-bond donors (Lipinski definition) is 0. The van der Waals surface area contributed by atoms with Gasteiger partial charge < -0.3 is 13.9 Å². The van der Waals surface area contributed by atoms with E-state index in [1.54, 1.807) is 19.9 Å². The molecule has 186 valence electrons. The van der Waals surface area contributed by atoms with E-state index in [4.69, 9.17) is 13.9 Å². The molecule has 0 heterocycles. The lowest BCUT2D eigenvalue weighted by Gasteiger charge is -2.39. The molecule has 0 spiro atoms. The molecule has 2 aliphatic carbocycles. The van der Waals surface area contributed by atoms with Gasteiger partial charge in [-0.15, -0.1) is 6.58 Å². The van der Waals surface area contributed by atoms with Crippen molar-refractivity contribution in [3.8, 4) is 0 Å². The summed E-state index contributed by atoms with van der Waals surface area (Å²) < 4.78 is 17.8. The van der Waals surface area contributed by atoms with Gasteiger partial charge in [-0.1, -0.05) is 44.6 Å². The molecule has 0 aromatic carbocycles. The molecule has 2 saturated carbocycles. The lowest BCUT2D eigenvalue weighted by atomic mass is 9.75. The van der Waals surface area contributed by atoms with Crippen LogP contribution < -0.4 is 0 Å². The second-order valence-electron chi connectivity index (χ2n) is 10.7. The largest absolute Gasteiger partial charge is 0.465 e. The van der Waals surface area contributed by atoms with Gasteiger partial charge in [0.1, 0.15) is 0 Å². The van der Waals surface area contributed by atoms with Crippen LogP contribution in [0.3, 0.4) is 0 Å². The molecule has 0 bridgehead atoms. The molecule has 0 N–H and O–H groups in total. The summed E-state index contributed by atoms with van der Waals surface area (Å²) in [6, 6.07) is 0. The van der Waals surface area contributed by atoms with E-state index in [0.29, 0.717) is 12.8 Å². The predicted molar refractivity (Wildman–Crippen MR) is 135 cm³/mol. The van der Waals surface area contributed by atoms with E-state index >= 15 is 0 Å². The van der Waals surface area contributed by atoms with Gasteiger partial charge in [-0.3, -0.25) is 9.59 Å². The lowest BCUT2D eigenvalue weighted by molar-refractivity contribution is -0.173. The van der Waals surface area contributed by atoms with Crippen LogP contribution in [0, 0.1) is 17.3 Å². The van der Waals surface area contributed by atoms with Crippen LogP contribution in [0.2, 0.25) is 18.1 Å². The van der Waals surface area contributed by atoms with Crippen LogP contribution in [-0.4, -0.2) is 39.6 Å². The van der Waals surface area contributed by atoms with E-state index in [2.05, 4.69) is 52.6 Å². The number of allylic oxidation sites excluding steroid dienone is 4. The Morgan fingerprint density at radius 3 is 2.15 bits per heavy atom. The predicted octanol–water partition coefficient (Wildman–Crippen LogP) is 6.37. The molecule has 3 atom stereocenters. The zero-order chi connectivity index (χ0) is 25.0. The first-order chi connectivity index (χ1) is 15.4. The van der Waals surface area contributed by atoms with E-state index in [0.717, 1.165) is 18.4 Å².